The fourth-order valence-electron chi connectivity index (χ4n) is 2.51. The Morgan fingerprint density at radius 2 is 1.56 bits per heavy atom. The molecule has 2 N–H and O–H groups in total. The first-order valence-electron chi connectivity index (χ1n) is 7.01. The number of hydrogen-bond donors (Lipinski definition) is 1. The Bertz CT molecular complexity index is 376. The summed E-state index contributed by atoms with van der Waals surface area (Å²) < 4.78 is 0. The number of hydrogen-bond acceptors (Lipinski definition) is 1. The van der Waals surface area contributed by atoms with Crippen LogP contribution >= 0.6 is 0 Å². The molecule has 1 atom stereocenters. The van der Waals surface area contributed by atoms with E-state index in [1.165, 1.54) is 28.7 Å². The number of nitrogens with two attached hydrogens (primary N) is 1. The van der Waals surface area contributed by atoms with E-state index in [-0.39, 0.29) is 6.04 Å². The Labute approximate surface area is 113 Å². The lowest BCUT2D eigenvalue weighted by Crippen LogP contribution is -2.25. The molecule has 0 spiro atoms. The van der Waals surface area contributed by atoms with Crippen LogP contribution in [0.25, 0.3) is 0 Å². The fourth-order valence-corrected chi connectivity index (χ4v) is 2.51. The van der Waals surface area contributed by atoms with Crippen molar-refractivity contribution in [2.45, 2.75) is 66.8 Å². The van der Waals surface area contributed by atoms with Gasteiger partial charge in [-0.2, -0.15) is 0 Å². The fraction of sp³-hybridized carbons (Fsp3) is 0.647. The lowest BCUT2D eigenvalue weighted by Gasteiger charge is -2.22. The zero-order valence-electron chi connectivity index (χ0n) is 12.9. The third-order valence-corrected chi connectivity index (χ3v) is 3.57. The molecular formula is C17H29N. The van der Waals surface area contributed by atoms with E-state index in [0.717, 1.165) is 12.8 Å². The average Bonchev–Trinajstić information content (AvgIpc) is 2.19. The van der Waals surface area contributed by atoms with E-state index in [4.69, 9.17) is 5.73 Å². The van der Waals surface area contributed by atoms with Gasteiger partial charge in [-0.25, -0.2) is 0 Å². The molecule has 0 amide bonds. The van der Waals surface area contributed by atoms with Gasteiger partial charge in [-0.15, -0.1) is 0 Å². The molecule has 0 aliphatic carbocycles. The predicted octanol–water partition coefficient (Wildman–Crippen LogP) is 4.31. The topological polar surface area (TPSA) is 26.0 Å². The predicted molar refractivity (Wildman–Crippen MR) is 81.0 cm³/mol. The Balaban J connectivity index is 2.68. The summed E-state index contributed by atoms with van der Waals surface area (Å²) >= 11 is 0. The Hall–Kier alpha value is -0.820. The van der Waals surface area contributed by atoms with E-state index in [9.17, 15) is 0 Å². The molecule has 1 aromatic carbocycles. The molecule has 1 unspecified atom stereocenters. The highest BCUT2D eigenvalue weighted by atomic mass is 14.6. The van der Waals surface area contributed by atoms with Gasteiger partial charge in [-0.05, 0) is 62.1 Å². The van der Waals surface area contributed by atoms with Crippen LogP contribution in [0.1, 0.15) is 55.9 Å². The maximum absolute atomic E-state index is 6.29. The molecule has 0 fully saturated rings. The van der Waals surface area contributed by atoms with Crippen LogP contribution in [0.4, 0.5) is 0 Å². The van der Waals surface area contributed by atoms with Crippen LogP contribution in [0, 0.1) is 26.2 Å². The quantitative estimate of drug-likeness (QED) is 0.843. The molecule has 0 aliphatic heterocycles. The number of aryl methyl sites for hydroxylation is 3. The average molecular weight is 247 g/mol. The van der Waals surface area contributed by atoms with Crippen molar-refractivity contribution in [2.75, 3.05) is 0 Å². The van der Waals surface area contributed by atoms with E-state index in [2.05, 4.69) is 53.7 Å². The molecule has 1 aromatic rings. The van der Waals surface area contributed by atoms with Crippen LogP contribution in [0.5, 0.6) is 0 Å². The highest BCUT2D eigenvalue weighted by molar-refractivity contribution is 5.37. The summed E-state index contributed by atoms with van der Waals surface area (Å²) in [5, 5.41) is 0. The Kier molecular flexibility index (Phi) is 4.98. The minimum atomic E-state index is 0.282. The summed E-state index contributed by atoms with van der Waals surface area (Å²) in [4.78, 5) is 0. The maximum atomic E-state index is 6.29. The van der Waals surface area contributed by atoms with E-state index >= 15 is 0 Å². The SMILES string of the molecule is Cc1cc(C)c(CC(N)CCC(C)(C)C)c(C)c1. The van der Waals surface area contributed by atoms with Gasteiger partial charge in [0.15, 0.2) is 0 Å². The Morgan fingerprint density at radius 1 is 1.06 bits per heavy atom. The molecule has 0 aliphatic rings. The normalized spacial score (nSPS) is 13.7. The van der Waals surface area contributed by atoms with Crippen molar-refractivity contribution in [3.63, 3.8) is 0 Å². The van der Waals surface area contributed by atoms with Crippen molar-refractivity contribution in [1.29, 1.82) is 0 Å². The molecule has 1 rings (SSSR count). The second-order valence-electron chi connectivity index (χ2n) is 6.94. The van der Waals surface area contributed by atoms with Crippen molar-refractivity contribution in [2.24, 2.45) is 11.1 Å². The second kappa shape index (κ2) is 5.88. The van der Waals surface area contributed by atoms with Crippen LogP contribution in [0.3, 0.4) is 0 Å². The van der Waals surface area contributed by atoms with Crippen LogP contribution in [-0.4, -0.2) is 6.04 Å². The van der Waals surface area contributed by atoms with Crippen molar-refractivity contribution >= 4 is 0 Å². The van der Waals surface area contributed by atoms with E-state index in [0.29, 0.717) is 5.41 Å². The number of benzene rings is 1. The van der Waals surface area contributed by atoms with Crippen molar-refractivity contribution in [3.8, 4) is 0 Å². The standard InChI is InChI=1S/C17H29N/c1-12-9-13(2)16(14(3)10-12)11-15(18)7-8-17(4,5)6/h9-10,15H,7-8,11,18H2,1-6H3. The monoisotopic (exact) mass is 247 g/mol. The van der Waals surface area contributed by atoms with Gasteiger partial charge in [-0.1, -0.05) is 38.5 Å². The minimum absolute atomic E-state index is 0.282. The van der Waals surface area contributed by atoms with Gasteiger partial charge in [0.05, 0.1) is 0 Å². The second-order valence-corrected chi connectivity index (χ2v) is 6.94. The van der Waals surface area contributed by atoms with Gasteiger partial charge in [-0.3, -0.25) is 0 Å². The molecule has 0 bridgehead atoms. The zero-order chi connectivity index (χ0) is 13.9. The van der Waals surface area contributed by atoms with Gasteiger partial charge in [0.1, 0.15) is 0 Å². The largest absolute Gasteiger partial charge is 0.327 e. The van der Waals surface area contributed by atoms with Crippen LogP contribution in [0.2, 0.25) is 0 Å². The first-order chi connectivity index (χ1) is 8.19. The summed E-state index contributed by atoms with van der Waals surface area (Å²) in [5.41, 5.74) is 12.2. The first-order valence-corrected chi connectivity index (χ1v) is 7.01. The van der Waals surface area contributed by atoms with Crippen molar-refractivity contribution < 1.29 is 0 Å². The molecule has 0 radical (unpaired) electrons. The van der Waals surface area contributed by atoms with E-state index in [1.807, 2.05) is 0 Å². The van der Waals surface area contributed by atoms with Gasteiger partial charge in [0, 0.05) is 6.04 Å². The summed E-state index contributed by atoms with van der Waals surface area (Å²) in [6.45, 7) is 13.4. The molecule has 102 valence electrons. The highest BCUT2D eigenvalue weighted by Gasteiger charge is 2.14. The Morgan fingerprint density at radius 3 is 2.00 bits per heavy atom. The lowest BCUT2D eigenvalue weighted by molar-refractivity contribution is 0.347. The minimum Gasteiger partial charge on any atom is -0.327 e. The van der Waals surface area contributed by atoms with Crippen molar-refractivity contribution in [3.05, 3.63) is 34.4 Å². The third kappa shape index (κ3) is 4.81. The van der Waals surface area contributed by atoms with E-state index < -0.39 is 0 Å². The van der Waals surface area contributed by atoms with Gasteiger partial charge >= 0.3 is 0 Å². The molecular weight excluding hydrogens is 218 g/mol. The molecule has 0 heterocycles. The molecule has 0 aromatic heterocycles. The summed E-state index contributed by atoms with van der Waals surface area (Å²) in [5.74, 6) is 0. The van der Waals surface area contributed by atoms with Gasteiger partial charge in [0.25, 0.3) is 0 Å². The number of rotatable bonds is 4. The van der Waals surface area contributed by atoms with Crippen molar-refractivity contribution in [1.82, 2.24) is 0 Å². The van der Waals surface area contributed by atoms with Gasteiger partial charge in [0.2, 0.25) is 0 Å². The molecule has 0 saturated carbocycles. The molecule has 1 nitrogen and oxygen atoms in total. The smallest absolute Gasteiger partial charge is 0.00797 e. The van der Waals surface area contributed by atoms with Crippen LogP contribution in [-0.2, 0) is 6.42 Å². The zero-order valence-corrected chi connectivity index (χ0v) is 12.9. The molecule has 1 heteroatoms. The molecule has 0 saturated heterocycles. The maximum Gasteiger partial charge on any atom is 0.00797 e. The summed E-state index contributed by atoms with van der Waals surface area (Å²) in [6.07, 6.45) is 3.31. The third-order valence-electron chi connectivity index (χ3n) is 3.57. The highest BCUT2D eigenvalue weighted by Crippen LogP contribution is 2.23. The molecule has 18 heavy (non-hydrogen) atoms. The summed E-state index contributed by atoms with van der Waals surface area (Å²) in [6, 6.07) is 4.81. The summed E-state index contributed by atoms with van der Waals surface area (Å²) in [7, 11) is 0. The van der Waals surface area contributed by atoms with Crippen LogP contribution in [0.15, 0.2) is 12.1 Å². The van der Waals surface area contributed by atoms with E-state index in [1.54, 1.807) is 0 Å². The first kappa shape index (κ1) is 15.2. The lowest BCUT2D eigenvalue weighted by atomic mass is 9.86. The van der Waals surface area contributed by atoms with Gasteiger partial charge < -0.3 is 5.73 Å². The van der Waals surface area contributed by atoms with Crippen LogP contribution < -0.4 is 5.73 Å².